The molecule has 0 saturated heterocycles. The number of alkyl halides is 2. The Bertz CT molecular complexity index is 1820. The van der Waals surface area contributed by atoms with Crippen LogP contribution in [0.5, 0.6) is 5.75 Å². The smallest absolute Gasteiger partial charge is 0.387 e. The van der Waals surface area contributed by atoms with Crippen LogP contribution in [0.15, 0.2) is 53.0 Å². The summed E-state index contributed by atoms with van der Waals surface area (Å²) in [6.07, 6.45) is 1.13. The molecule has 1 aliphatic rings. The zero-order chi connectivity index (χ0) is 32.8. The van der Waals surface area contributed by atoms with Gasteiger partial charge in [-0.3, -0.25) is 9.59 Å². The number of ether oxygens (including phenoxy) is 1. The molecular formula is C32H29BrF4N4O4. The number of aliphatic hydroxyl groups is 1. The Morgan fingerprint density at radius 3 is 2.38 bits per heavy atom. The molecule has 2 heterocycles. The second-order valence-electron chi connectivity index (χ2n) is 11.6. The predicted octanol–water partition coefficient (Wildman–Crippen LogP) is 6.04. The number of fused-ring (bicyclic) bond motifs is 1. The van der Waals surface area contributed by atoms with Gasteiger partial charge in [-0.25, -0.2) is 18.7 Å². The highest BCUT2D eigenvalue weighted by Gasteiger charge is 2.48. The minimum absolute atomic E-state index is 0.0285. The van der Waals surface area contributed by atoms with Crippen LogP contribution >= 0.6 is 15.9 Å². The molecule has 2 amide bonds. The van der Waals surface area contributed by atoms with E-state index in [2.05, 4.69) is 36.0 Å². The highest BCUT2D eigenvalue weighted by atomic mass is 79.9. The summed E-state index contributed by atoms with van der Waals surface area (Å²) in [5.41, 5.74) is 2.66. The fraction of sp³-hybridized carbons (Fsp3) is 0.312. The Kier molecular flexibility index (Phi) is 8.62. The Balaban J connectivity index is 1.55. The molecule has 0 unspecified atom stereocenters. The minimum Gasteiger partial charge on any atom is -0.432 e. The number of aromatic nitrogens is 2. The molecule has 4 aromatic rings. The lowest BCUT2D eigenvalue weighted by Crippen LogP contribution is -2.44. The van der Waals surface area contributed by atoms with E-state index in [1.165, 1.54) is 38.1 Å². The SMILES string of the molecule is Cc1nc2c(OC(F)F)cc(C(=O)NC[C@](O)(c3cc(C(C)(C)C(N)=O)c(F)c(-c4ccc(F)cc4)n3)C3CC3)cc2cc1Br. The summed E-state index contributed by atoms with van der Waals surface area (Å²) >= 11 is 3.35. The first kappa shape index (κ1) is 32.3. The van der Waals surface area contributed by atoms with E-state index in [9.17, 15) is 27.9 Å². The van der Waals surface area contributed by atoms with Gasteiger partial charge in [-0.15, -0.1) is 0 Å². The number of pyridine rings is 2. The first-order valence-electron chi connectivity index (χ1n) is 14.0. The van der Waals surface area contributed by atoms with E-state index in [1.807, 2.05) is 0 Å². The van der Waals surface area contributed by atoms with Crippen molar-refractivity contribution in [3.63, 3.8) is 0 Å². The van der Waals surface area contributed by atoms with Crippen LogP contribution in [0.3, 0.4) is 0 Å². The minimum atomic E-state index is -3.17. The first-order chi connectivity index (χ1) is 21.1. The lowest BCUT2D eigenvalue weighted by atomic mass is 9.80. The van der Waals surface area contributed by atoms with Gasteiger partial charge in [-0.2, -0.15) is 8.78 Å². The molecule has 1 aliphatic carbocycles. The third-order valence-electron chi connectivity index (χ3n) is 8.07. The van der Waals surface area contributed by atoms with Gasteiger partial charge in [0.05, 0.1) is 23.3 Å². The van der Waals surface area contributed by atoms with E-state index < -0.39 is 47.6 Å². The molecule has 13 heteroatoms. The maximum absolute atomic E-state index is 16.0. The van der Waals surface area contributed by atoms with Crippen molar-refractivity contribution in [3.05, 3.63) is 87.2 Å². The van der Waals surface area contributed by atoms with Crippen molar-refractivity contribution in [2.45, 2.75) is 51.2 Å². The molecule has 2 aromatic carbocycles. The lowest BCUT2D eigenvalue weighted by molar-refractivity contribution is -0.122. The summed E-state index contributed by atoms with van der Waals surface area (Å²) in [5, 5.41) is 15.1. The quantitative estimate of drug-likeness (QED) is 0.175. The Morgan fingerprint density at radius 2 is 1.78 bits per heavy atom. The number of aryl methyl sites for hydroxylation is 1. The van der Waals surface area contributed by atoms with Gasteiger partial charge in [0.2, 0.25) is 5.91 Å². The standard InChI is InChI=1S/C32H29BrF4N4O4/c1-15-22(33)11-17-10-18(12-23(26(17)40-15)45-30(36)37)28(42)39-14-32(44,19-6-7-19)24-13-21(31(2,3)29(38)43)25(35)27(41-24)16-4-8-20(34)9-5-16/h4-5,8-13,19,30,44H,6-7,14H2,1-3H3,(H2,38,43)(H,39,42)/t32-/m1/s1. The van der Waals surface area contributed by atoms with E-state index in [0.29, 0.717) is 28.4 Å². The van der Waals surface area contributed by atoms with Gasteiger partial charge >= 0.3 is 6.61 Å². The van der Waals surface area contributed by atoms with Gasteiger partial charge in [-0.05, 0) is 104 Å². The van der Waals surface area contributed by atoms with Crippen LogP contribution in [0.1, 0.15) is 54.0 Å². The molecular weight excluding hydrogens is 660 g/mol. The molecule has 0 aliphatic heterocycles. The van der Waals surface area contributed by atoms with Gasteiger partial charge < -0.3 is 20.9 Å². The average molecular weight is 690 g/mol. The first-order valence-corrected chi connectivity index (χ1v) is 14.7. The third kappa shape index (κ3) is 6.36. The van der Waals surface area contributed by atoms with E-state index in [4.69, 9.17) is 5.73 Å². The predicted molar refractivity (Wildman–Crippen MR) is 162 cm³/mol. The number of primary amides is 1. The molecule has 5 rings (SSSR count). The summed E-state index contributed by atoms with van der Waals surface area (Å²) in [6.45, 7) is 0.967. The molecule has 1 saturated carbocycles. The van der Waals surface area contributed by atoms with Crippen LogP contribution in [-0.4, -0.2) is 40.0 Å². The van der Waals surface area contributed by atoms with Crippen LogP contribution in [0, 0.1) is 24.5 Å². The zero-order valence-corrected chi connectivity index (χ0v) is 26.0. The highest BCUT2D eigenvalue weighted by Crippen LogP contribution is 2.46. The molecule has 1 atom stereocenters. The number of benzene rings is 2. The van der Waals surface area contributed by atoms with Crippen molar-refractivity contribution in [1.82, 2.24) is 15.3 Å². The summed E-state index contributed by atoms with van der Waals surface area (Å²) in [5.74, 6) is -3.66. The van der Waals surface area contributed by atoms with E-state index in [0.717, 1.165) is 18.2 Å². The van der Waals surface area contributed by atoms with Crippen LogP contribution in [0.4, 0.5) is 17.6 Å². The molecule has 236 valence electrons. The molecule has 8 nitrogen and oxygen atoms in total. The van der Waals surface area contributed by atoms with Crippen LogP contribution in [0.2, 0.25) is 0 Å². The van der Waals surface area contributed by atoms with E-state index >= 15 is 4.39 Å². The van der Waals surface area contributed by atoms with Gasteiger partial charge in [0.25, 0.3) is 5.91 Å². The van der Waals surface area contributed by atoms with Crippen LogP contribution in [-0.2, 0) is 15.8 Å². The average Bonchev–Trinajstić information content (AvgIpc) is 3.83. The molecule has 2 aromatic heterocycles. The van der Waals surface area contributed by atoms with Crippen molar-refractivity contribution in [3.8, 4) is 17.0 Å². The Labute approximate surface area is 264 Å². The molecule has 0 radical (unpaired) electrons. The molecule has 0 spiro atoms. The van der Waals surface area contributed by atoms with Crippen molar-refractivity contribution >= 4 is 38.6 Å². The van der Waals surface area contributed by atoms with E-state index in [-0.39, 0.29) is 45.3 Å². The molecule has 45 heavy (non-hydrogen) atoms. The second-order valence-corrected chi connectivity index (χ2v) is 12.4. The van der Waals surface area contributed by atoms with Gasteiger partial charge in [0.1, 0.15) is 22.6 Å². The number of hydrogen-bond acceptors (Lipinski definition) is 6. The number of carbonyl (C=O) groups excluding carboxylic acids is 2. The van der Waals surface area contributed by atoms with Crippen molar-refractivity contribution < 1.29 is 37.0 Å². The molecule has 0 bridgehead atoms. The zero-order valence-electron chi connectivity index (χ0n) is 24.4. The fourth-order valence-corrected chi connectivity index (χ4v) is 5.43. The van der Waals surface area contributed by atoms with Crippen LogP contribution < -0.4 is 15.8 Å². The Morgan fingerprint density at radius 1 is 1.11 bits per heavy atom. The number of halogens is 5. The van der Waals surface area contributed by atoms with Crippen molar-refractivity contribution in [2.75, 3.05) is 6.54 Å². The fourth-order valence-electron chi connectivity index (χ4n) is 5.10. The van der Waals surface area contributed by atoms with Gasteiger partial charge in [0, 0.05) is 26.5 Å². The third-order valence-corrected chi connectivity index (χ3v) is 8.87. The summed E-state index contributed by atoms with van der Waals surface area (Å²) in [4.78, 5) is 34.5. The topological polar surface area (TPSA) is 127 Å². The Hall–Kier alpha value is -4.10. The van der Waals surface area contributed by atoms with Crippen LogP contribution in [0.25, 0.3) is 22.2 Å². The number of nitrogens with two attached hydrogens (primary N) is 1. The lowest BCUT2D eigenvalue weighted by Gasteiger charge is -2.31. The summed E-state index contributed by atoms with van der Waals surface area (Å²) in [6, 6.07) is 10.3. The van der Waals surface area contributed by atoms with Gasteiger partial charge in [0.15, 0.2) is 11.6 Å². The number of nitrogens with one attached hydrogen (secondary N) is 1. The number of rotatable bonds is 10. The normalized spacial score (nSPS) is 14.8. The number of amides is 2. The monoisotopic (exact) mass is 688 g/mol. The number of nitrogens with zero attached hydrogens (tertiary/aromatic N) is 2. The summed E-state index contributed by atoms with van der Waals surface area (Å²) < 4.78 is 61.4. The highest BCUT2D eigenvalue weighted by molar-refractivity contribution is 9.10. The maximum Gasteiger partial charge on any atom is 0.387 e. The maximum atomic E-state index is 16.0. The summed E-state index contributed by atoms with van der Waals surface area (Å²) in [7, 11) is 0. The van der Waals surface area contributed by atoms with Crippen molar-refractivity contribution in [2.24, 2.45) is 11.7 Å². The largest absolute Gasteiger partial charge is 0.432 e. The van der Waals surface area contributed by atoms with Gasteiger partial charge in [-0.1, -0.05) is 0 Å². The number of hydrogen-bond donors (Lipinski definition) is 3. The number of carbonyl (C=O) groups is 2. The molecule has 1 fully saturated rings. The van der Waals surface area contributed by atoms with E-state index in [1.54, 1.807) is 13.0 Å². The van der Waals surface area contributed by atoms with Crippen molar-refractivity contribution in [1.29, 1.82) is 0 Å². The molecule has 4 N–H and O–H groups in total. The second kappa shape index (κ2) is 12.0.